The number of nitrogens with zero attached hydrogens (tertiary/aromatic N) is 1. The van der Waals surface area contributed by atoms with Crippen molar-refractivity contribution in [3.8, 4) is 22.8 Å². The van der Waals surface area contributed by atoms with Crippen LogP contribution in [0.2, 0.25) is 5.02 Å². The Labute approximate surface area is 182 Å². The zero-order chi connectivity index (χ0) is 21.1. The molecular formula is C20H17ClN2O5S2. The van der Waals surface area contributed by atoms with Crippen molar-refractivity contribution < 1.29 is 22.7 Å². The van der Waals surface area contributed by atoms with Crippen molar-refractivity contribution in [1.29, 1.82) is 0 Å². The minimum absolute atomic E-state index is 0.134. The predicted molar refractivity (Wildman–Crippen MR) is 115 cm³/mol. The molecule has 1 aliphatic rings. The topological polar surface area (TPSA) is 94.6 Å². The summed E-state index contributed by atoms with van der Waals surface area (Å²) in [5.74, 6) is 0.622. The molecule has 1 aliphatic heterocycles. The van der Waals surface area contributed by atoms with Gasteiger partial charge in [-0.15, -0.1) is 11.3 Å². The lowest BCUT2D eigenvalue weighted by molar-refractivity contribution is -0.115. The first kappa shape index (κ1) is 20.6. The highest BCUT2D eigenvalue weighted by Crippen LogP contribution is 2.35. The number of fused-ring (bicyclic) bond motifs is 1. The van der Waals surface area contributed by atoms with Gasteiger partial charge in [0.05, 0.1) is 16.3 Å². The van der Waals surface area contributed by atoms with Crippen molar-refractivity contribution in [2.24, 2.45) is 0 Å². The minimum atomic E-state index is -3.57. The van der Waals surface area contributed by atoms with Gasteiger partial charge in [-0.1, -0.05) is 11.6 Å². The van der Waals surface area contributed by atoms with Gasteiger partial charge in [0.15, 0.2) is 26.5 Å². The standard InChI is InChI=1S/C20H17ClN2O5S2/c21-14-2-4-15(5-3-14)30(25,26)10-7-19(24)23-20-22-16(12-29-20)13-1-6-17-18(11-13)28-9-8-27-17/h1-6,11-12H,7-10H2,(H,22,23,24). The molecule has 0 spiro atoms. The zero-order valence-corrected chi connectivity index (χ0v) is 18.0. The lowest BCUT2D eigenvalue weighted by Gasteiger charge is -2.18. The molecule has 3 aromatic rings. The molecule has 0 radical (unpaired) electrons. The molecule has 2 heterocycles. The average molecular weight is 465 g/mol. The van der Waals surface area contributed by atoms with E-state index in [4.69, 9.17) is 21.1 Å². The van der Waals surface area contributed by atoms with Crippen LogP contribution in [0.1, 0.15) is 6.42 Å². The SMILES string of the molecule is O=C(CCS(=O)(=O)c1ccc(Cl)cc1)Nc1nc(-c2ccc3c(c2)OCCO3)cs1. The summed E-state index contributed by atoms with van der Waals surface area (Å²) >= 11 is 7.05. The number of rotatable bonds is 6. The third kappa shape index (κ3) is 4.75. The smallest absolute Gasteiger partial charge is 0.227 e. The maximum Gasteiger partial charge on any atom is 0.227 e. The Morgan fingerprint density at radius 3 is 2.60 bits per heavy atom. The van der Waals surface area contributed by atoms with E-state index < -0.39 is 15.7 Å². The quantitative estimate of drug-likeness (QED) is 0.591. The Kier molecular flexibility index (Phi) is 5.94. The normalized spacial score (nSPS) is 13.1. The van der Waals surface area contributed by atoms with Gasteiger partial charge in [0.1, 0.15) is 13.2 Å². The molecule has 0 saturated heterocycles. The summed E-state index contributed by atoms with van der Waals surface area (Å²) in [6.45, 7) is 1.01. The van der Waals surface area contributed by atoms with Crippen LogP contribution in [0.15, 0.2) is 52.7 Å². The molecule has 1 N–H and O–H groups in total. The first-order chi connectivity index (χ1) is 14.4. The van der Waals surface area contributed by atoms with Crippen molar-refractivity contribution in [3.05, 3.63) is 52.9 Å². The number of amides is 1. The van der Waals surface area contributed by atoms with Gasteiger partial charge in [-0.2, -0.15) is 0 Å². The van der Waals surface area contributed by atoms with Crippen LogP contribution in [-0.4, -0.2) is 38.3 Å². The fraction of sp³-hybridized carbons (Fsp3) is 0.200. The van der Waals surface area contributed by atoms with E-state index in [2.05, 4.69) is 10.3 Å². The Morgan fingerprint density at radius 1 is 1.10 bits per heavy atom. The summed E-state index contributed by atoms with van der Waals surface area (Å²) in [7, 11) is -3.57. The number of carbonyl (C=O) groups excluding carboxylic acids is 1. The molecule has 30 heavy (non-hydrogen) atoms. The second kappa shape index (κ2) is 8.63. The average Bonchev–Trinajstić information content (AvgIpc) is 3.21. The molecule has 0 saturated carbocycles. The molecule has 10 heteroatoms. The van der Waals surface area contributed by atoms with Crippen molar-refractivity contribution in [3.63, 3.8) is 0 Å². The molecular weight excluding hydrogens is 448 g/mol. The second-order valence-electron chi connectivity index (χ2n) is 6.47. The van der Waals surface area contributed by atoms with Crippen LogP contribution >= 0.6 is 22.9 Å². The van der Waals surface area contributed by atoms with Gasteiger partial charge in [-0.3, -0.25) is 4.79 Å². The van der Waals surface area contributed by atoms with Gasteiger partial charge in [0.25, 0.3) is 0 Å². The van der Waals surface area contributed by atoms with Gasteiger partial charge >= 0.3 is 0 Å². The lowest BCUT2D eigenvalue weighted by Crippen LogP contribution is -2.17. The number of aromatic nitrogens is 1. The van der Waals surface area contributed by atoms with Crippen molar-refractivity contribution >= 4 is 43.8 Å². The molecule has 7 nitrogen and oxygen atoms in total. The molecule has 0 bridgehead atoms. The van der Waals surface area contributed by atoms with Gasteiger partial charge in [-0.25, -0.2) is 13.4 Å². The molecule has 0 unspecified atom stereocenters. The zero-order valence-electron chi connectivity index (χ0n) is 15.6. The monoisotopic (exact) mass is 464 g/mol. The molecule has 2 aromatic carbocycles. The van der Waals surface area contributed by atoms with Crippen LogP contribution in [0.25, 0.3) is 11.3 Å². The van der Waals surface area contributed by atoms with E-state index in [9.17, 15) is 13.2 Å². The molecule has 0 fully saturated rings. The van der Waals surface area contributed by atoms with E-state index in [1.54, 1.807) is 0 Å². The Morgan fingerprint density at radius 2 is 1.83 bits per heavy atom. The number of carbonyl (C=O) groups is 1. The largest absolute Gasteiger partial charge is 0.486 e. The number of anilines is 1. The van der Waals surface area contributed by atoms with E-state index in [1.165, 1.54) is 35.6 Å². The first-order valence-electron chi connectivity index (χ1n) is 9.04. The van der Waals surface area contributed by atoms with Gasteiger partial charge in [-0.05, 0) is 42.5 Å². The minimum Gasteiger partial charge on any atom is -0.486 e. The number of nitrogens with one attached hydrogen (secondary N) is 1. The molecule has 4 rings (SSSR count). The van der Waals surface area contributed by atoms with Crippen LogP contribution in [0.3, 0.4) is 0 Å². The summed E-state index contributed by atoms with van der Waals surface area (Å²) < 4.78 is 35.8. The molecule has 1 amide bonds. The van der Waals surface area contributed by atoms with Crippen LogP contribution in [0.4, 0.5) is 5.13 Å². The van der Waals surface area contributed by atoms with Crippen molar-refractivity contribution in [1.82, 2.24) is 4.98 Å². The Balaban J connectivity index is 1.38. The van der Waals surface area contributed by atoms with Crippen LogP contribution in [-0.2, 0) is 14.6 Å². The van der Waals surface area contributed by atoms with Gasteiger partial charge in [0.2, 0.25) is 5.91 Å². The van der Waals surface area contributed by atoms with E-state index in [0.29, 0.717) is 40.6 Å². The summed E-state index contributed by atoms with van der Waals surface area (Å²) in [6, 6.07) is 11.4. The third-order valence-electron chi connectivity index (χ3n) is 4.36. The Hall–Kier alpha value is -2.62. The fourth-order valence-electron chi connectivity index (χ4n) is 2.84. The molecule has 0 aliphatic carbocycles. The number of benzene rings is 2. The number of halogens is 1. The number of hydrogen-bond donors (Lipinski definition) is 1. The molecule has 1 aromatic heterocycles. The maximum absolute atomic E-state index is 12.3. The predicted octanol–water partition coefficient (Wildman–Crippen LogP) is 4.04. The van der Waals surface area contributed by atoms with Crippen LogP contribution in [0, 0.1) is 0 Å². The number of thiazole rings is 1. The summed E-state index contributed by atoms with van der Waals surface area (Å²) in [5, 5.41) is 5.31. The van der Waals surface area contributed by atoms with Crippen LogP contribution < -0.4 is 14.8 Å². The highest BCUT2D eigenvalue weighted by atomic mass is 35.5. The summed E-state index contributed by atoms with van der Waals surface area (Å²) in [5.41, 5.74) is 1.52. The van der Waals surface area contributed by atoms with E-state index >= 15 is 0 Å². The van der Waals surface area contributed by atoms with Crippen molar-refractivity contribution in [2.45, 2.75) is 11.3 Å². The summed E-state index contributed by atoms with van der Waals surface area (Å²) in [4.78, 5) is 16.8. The highest BCUT2D eigenvalue weighted by molar-refractivity contribution is 7.91. The highest BCUT2D eigenvalue weighted by Gasteiger charge is 2.18. The second-order valence-corrected chi connectivity index (χ2v) is 9.87. The molecule has 156 valence electrons. The number of ether oxygens (including phenoxy) is 2. The maximum atomic E-state index is 12.3. The third-order valence-corrected chi connectivity index (χ3v) is 7.10. The van der Waals surface area contributed by atoms with Crippen LogP contribution in [0.5, 0.6) is 11.5 Å². The number of hydrogen-bond acceptors (Lipinski definition) is 7. The summed E-state index contributed by atoms with van der Waals surface area (Å²) in [6.07, 6.45) is -0.177. The van der Waals surface area contributed by atoms with Crippen molar-refractivity contribution in [2.75, 3.05) is 24.3 Å². The van der Waals surface area contributed by atoms with Gasteiger partial charge in [0, 0.05) is 22.4 Å². The first-order valence-corrected chi connectivity index (χ1v) is 12.0. The number of sulfone groups is 1. The fourth-order valence-corrected chi connectivity index (χ4v) is 4.94. The Bertz CT molecular complexity index is 1180. The molecule has 0 atom stereocenters. The van der Waals surface area contributed by atoms with E-state index in [-0.39, 0.29) is 17.1 Å². The van der Waals surface area contributed by atoms with Gasteiger partial charge < -0.3 is 14.8 Å². The van der Waals surface area contributed by atoms with E-state index in [1.807, 2.05) is 23.6 Å². The lowest BCUT2D eigenvalue weighted by atomic mass is 10.1. The van der Waals surface area contributed by atoms with E-state index in [0.717, 1.165) is 5.56 Å².